The Hall–Kier alpha value is -3.47. The smallest absolute Gasteiger partial charge is 0.345 e. The number of methoxy groups -OCH3 is 2. The molecule has 0 radical (unpaired) electrons. The number of hydrogen-bond acceptors (Lipinski definition) is 10. The molecule has 0 amide bonds. The van der Waals surface area contributed by atoms with E-state index >= 15 is 0 Å². The lowest BCUT2D eigenvalue weighted by molar-refractivity contribution is -0.385. The molecule has 0 atom stereocenters. The second-order valence-corrected chi connectivity index (χ2v) is 5.99. The zero-order valence-corrected chi connectivity index (χ0v) is 15.0. The van der Waals surface area contributed by atoms with Crippen LogP contribution in [0, 0.1) is 10.1 Å². The van der Waals surface area contributed by atoms with Crippen LogP contribution in [0.5, 0.6) is 11.5 Å². The van der Waals surface area contributed by atoms with Gasteiger partial charge in [0.15, 0.2) is 18.1 Å². The maximum absolute atomic E-state index is 12.3. The zero-order valence-electron chi connectivity index (χ0n) is 14.2. The van der Waals surface area contributed by atoms with E-state index < -0.39 is 16.6 Å². The number of nitro benzene ring substituents is 1. The van der Waals surface area contributed by atoms with Gasteiger partial charge >= 0.3 is 5.97 Å². The predicted molar refractivity (Wildman–Crippen MR) is 92.9 cm³/mol. The summed E-state index contributed by atoms with van der Waals surface area (Å²) in [6.07, 6.45) is 0. The number of hydrogen-bond donors (Lipinski definition) is 0. The third-order valence-electron chi connectivity index (χ3n) is 3.45. The maximum atomic E-state index is 12.3. The highest BCUT2D eigenvalue weighted by Crippen LogP contribution is 2.35. The Morgan fingerprint density at radius 1 is 1.30 bits per heavy atom. The van der Waals surface area contributed by atoms with Crippen molar-refractivity contribution < 1.29 is 28.5 Å². The first-order chi connectivity index (χ1) is 13.0. The van der Waals surface area contributed by atoms with Crippen LogP contribution in [0.2, 0.25) is 0 Å². The highest BCUT2D eigenvalue weighted by Gasteiger charge is 2.26. The van der Waals surface area contributed by atoms with Crippen molar-refractivity contribution in [3.8, 4) is 22.2 Å². The largest absolute Gasteiger partial charge is 0.493 e. The topological polar surface area (TPSA) is 127 Å². The Kier molecular flexibility index (Phi) is 5.31. The number of rotatable bonds is 7. The average molecular weight is 391 g/mol. The molecular weight excluding hydrogens is 378 g/mol. The van der Waals surface area contributed by atoms with Crippen LogP contribution in [0.4, 0.5) is 5.69 Å². The molecule has 1 aromatic carbocycles. The summed E-state index contributed by atoms with van der Waals surface area (Å²) in [5.41, 5.74) is -0.752. The third-order valence-corrected chi connectivity index (χ3v) is 4.32. The van der Waals surface area contributed by atoms with Crippen molar-refractivity contribution in [1.82, 2.24) is 10.1 Å². The SMILES string of the molecule is COc1cc(C(=O)OCc2nc(-c3cccs3)no2)c([N+](=O)[O-])cc1OC. The molecule has 140 valence electrons. The van der Waals surface area contributed by atoms with Crippen molar-refractivity contribution in [1.29, 1.82) is 0 Å². The minimum atomic E-state index is -0.932. The first kappa shape index (κ1) is 18.3. The molecule has 0 aliphatic heterocycles. The third kappa shape index (κ3) is 3.87. The maximum Gasteiger partial charge on any atom is 0.345 e. The predicted octanol–water partition coefficient (Wildman–Crippen LogP) is 3.08. The van der Waals surface area contributed by atoms with Gasteiger partial charge < -0.3 is 18.7 Å². The molecule has 0 spiro atoms. The van der Waals surface area contributed by atoms with Gasteiger partial charge in [0.25, 0.3) is 11.6 Å². The number of carbonyl (C=O) groups is 1. The van der Waals surface area contributed by atoms with Gasteiger partial charge in [0, 0.05) is 6.07 Å². The first-order valence-corrected chi connectivity index (χ1v) is 8.35. The Labute approximate surface area is 156 Å². The number of thiophene rings is 1. The van der Waals surface area contributed by atoms with Crippen molar-refractivity contribution >= 4 is 23.0 Å². The van der Waals surface area contributed by atoms with Crippen molar-refractivity contribution in [3.63, 3.8) is 0 Å². The molecule has 3 aromatic rings. The number of aromatic nitrogens is 2. The van der Waals surface area contributed by atoms with Gasteiger partial charge in [-0.1, -0.05) is 11.2 Å². The van der Waals surface area contributed by atoms with Crippen LogP contribution in [-0.2, 0) is 11.3 Å². The molecular formula is C16H13N3O7S. The molecule has 27 heavy (non-hydrogen) atoms. The van der Waals surface area contributed by atoms with E-state index in [4.69, 9.17) is 18.7 Å². The summed E-state index contributed by atoms with van der Waals surface area (Å²) in [4.78, 5) is 27.8. The lowest BCUT2D eigenvalue weighted by Crippen LogP contribution is -2.09. The van der Waals surface area contributed by atoms with Crippen molar-refractivity contribution in [2.75, 3.05) is 14.2 Å². The highest BCUT2D eigenvalue weighted by atomic mass is 32.1. The van der Waals surface area contributed by atoms with E-state index in [1.807, 2.05) is 17.5 Å². The lowest BCUT2D eigenvalue weighted by Gasteiger charge is -2.10. The van der Waals surface area contributed by atoms with E-state index in [9.17, 15) is 14.9 Å². The van der Waals surface area contributed by atoms with E-state index in [-0.39, 0.29) is 29.6 Å². The fraction of sp³-hybridized carbons (Fsp3) is 0.188. The van der Waals surface area contributed by atoms with E-state index in [1.165, 1.54) is 31.6 Å². The van der Waals surface area contributed by atoms with Gasteiger partial charge in [-0.3, -0.25) is 10.1 Å². The summed E-state index contributed by atoms with van der Waals surface area (Å²) in [5.74, 6) is -0.215. The van der Waals surface area contributed by atoms with Gasteiger partial charge in [0.1, 0.15) is 5.56 Å². The van der Waals surface area contributed by atoms with Crippen LogP contribution in [0.25, 0.3) is 10.7 Å². The first-order valence-electron chi connectivity index (χ1n) is 7.47. The highest BCUT2D eigenvalue weighted by molar-refractivity contribution is 7.13. The Bertz CT molecular complexity index is 969. The van der Waals surface area contributed by atoms with Crippen LogP contribution in [0.3, 0.4) is 0 Å². The number of ether oxygens (including phenoxy) is 3. The minimum absolute atomic E-state index is 0.0647. The van der Waals surface area contributed by atoms with Gasteiger partial charge in [0.2, 0.25) is 5.82 Å². The number of benzene rings is 1. The fourth-order valence-corrected chi connectivity index (χ4v) is 2.86. The molecule has 11 heteroatoms. The van der Waals surface area contributed by atoms with Gasteiger partial charge in [0.05, 0.1) is 30.1 Å². The van der Waals surface area contributed by atoms with Crippen LogP contribution in [0.15, 0.2) is 34.2 Å². The van der Waals surface area contributed by atoms with Gasteiger partial charge in [-0.2, -0.15) is 4.98 Å². The molecule has 2 aromatic heterocycles. The summed E-state index contributed by atoms with van der Waals surface area (Å²) < 4.78 is 20.2. The van der Waals surface area contributed by atoms with E-state index in [0.717, 1.165) is 10.9 Å². The normalized spacial score (nSPS) is 10.4. The average Bonchev–Trinajstić information content (AvgIpc) is 3.36. The molecule has 0 bridgehead atoms. The molecule has 10 nitrogen and oxygen atoms in total. The second-order valence-electron chi connectivity index (χ2n) is 5.05. The van der Waals surface area contributed by atoms with Gasteiger partial charge in [-0.25, -0.2) is 4.79 Å². The summed E-state index contributed by atoms with van der Waals surface area (Å²) >= 11 is 1.43. The molecule has 0 aliphatic carbocycles. The molecule has 0 unspecified atom stereocenters. The molecule has 0 aliphatic rings. The summed E-state index contributed by atoms with van der Waals surface area (Å²) in [6, 6.07) is 5.94. The zero-order chi connectivity index (χ0) is 19.4. The summed E-state index contributed by atoms with van der Waals surface area (Å²) in [5, 5.41) is 16.9. The van der Waals surface area contributed by atoms with E-state index in [2.05, 4.69) is 10.1 Å². The number of esters is 1. The molecule has 0 saturated heterocycles. The van der Waals surface area contributed by atoms with Gasteiger partial charge in [-0.05, 0) is 11.4 Å². The molecule has 3 rings (SSSR count). The molecule has 0 N–H and O–H groups in total. The Balaban J connectivity index is 1.78. The number of nitrogens with zero attached hydrogens (tertiary/aromatic N) is 3. The lowest BCUT2D eigenvalue weighted by atomic mass is 10.1. The van der Waals surface area contributed by atoms with Gasteiger partial charge in [-0.15, -0.1) is 11.3 Å². The van der Waals surface area contributed by atoms with Crippen molar-refractivity contribution in [3.05, 3.63) is 51.2 Å². The fourth-order valence-electron chi connectivity index (χ4n) is 2.21. The molecule has 0 fully saturated rings. The van der Waals surface area contributed by atoms with E-state index in [0.29, 0.717) is 5.82 Å². The Morgan fingerprint density at radius 2 is 2.04 bits per heavy atom. The second kappa shape index (κ2) is 7.83. The summed E-state index contributed by atoms with van der Waals surface area (Å²) in [7, 11) is 2.68. The van der Waals surface area contributed by atoms with Crippen molar-refractivity contribution in [2.24, 2.45) is 0 Å². The molecule has 2 heterocycles. The molecule has 0 saturated carbocycles. The van der Waals surface area contributed by atoms with Crippen LogP contribution >= 0.6 is 11.3 Å². The minimum Gasteiger partial charge on any atom is -0.493 e. The van der Waals surface area contributed by atoms with E-state index in [1.54, 1.807) is 0 Å². The quantitative estimate of drug-likeness (QED) is 0.339. The number of carbonyl (C=O) groups excluding carboxylic acids is 1. The van der Waals surface area contributed by atoms with Crippen LogP contribution in [-0.4, -0.2) is 35.3 Å². The van der Waals surface area contributed by atoms with Crippen LogP contribution < -0.4 is 9.47 Å². The van der Waals surface area contributed by atoms with Crippen LogP contribution in [0.1, 0.15) is 16.2 Å². The number of nitro groups is 1. The summed E-state index contributed by atoms with van der Waals surface area (Å²) in [6.45, 7) is -0.331. The Morgan fingerprint density at radius 3 is 2.67 bits per heavy atom. The standard InChI is InChI=1S/C16H13N3O7S/c1-23-11-6-9(10(19(21)22)7-12(11)24-2)16(20)25-8-14-17-15(18-26-14)13-4-3-5-27-13/h3-7H,8H2,1-2H3. The monoisotopic (exact) mass is 391 g/mol. The van der Waals surface area contributed by atoms with Crippen molar-refractivity contribution in [2.45, 2.75) is 6.61 Å².